The molecule has 1 amide bonds. The average Bonchev–Trinajstić information content (AvgIpc) is 2.86. The molecule has 0 aromatic carbocycles. The fourth-order valence-corrected chi connectivity index (χ4v) is 4.08. The number of rotatable bonds is 6. The maximum Gasteiger partial charge on any atom is 0.341 e. The van der Waals surface area contributed by atoms with Gasteiger partial charge >= 0.3 is 5.97 Å². The second-order valence-corrected chi connectivity index (χ2v) is 7.56. The molecule has 1 fully saturated rings. The first kappa shape index (κ1) is 19.6. The van der Waals surface area contributed by atoms with E-state index >= 15 is 0 Å². The Labute approximate surface area is 152 Å². The van der Waals surface area contributed by atoms with E-state index in [0.29, 0.717) is 27.9 Å². The molecule has 0 aliphatic carbocycles. The minimum atomic E-state index is -0.508. The van der Waals surface area contributed by atoms with Crippen LogP contribution in [0.25, 0.3) is 0 Å². The van der Waals surface area contributed by atoms with E-state index < -0.39 is 5.97 Å². The summed E-state index contributed by atoms with van der Waals surface area (Å²) < 4.78 is 5.08. The molecule has 25 heavy (non-hydrogen) atoms. The molecule has 2 heterocycles. The molecule has 0 saturated carbocycles. The Morgan fingerprint density at radius 2 is 1.92 bits per heavy atom. The Morgan fingerprint density at radius 1 is 1.28 bits per heavy atom. The Hall–Kier alpha value is -1.73. The van der Waals surface area contributed by atoms with Crippen LogP contribution in [-0.2, 0) is 9.53 Å². The molecule has 1 aliphatic rings. The molecule has 138 valence electrons. The number of esters is 1. The van der Waals surface area contributed by atoms with Crippen LogP contribution in [0.5, 0.6) is 0 Å². The van der Waals surface area contributed by atoms with Crippen LogP contribution < -0.4 is 5.32 Å². The van der Waals surface area contributed by atoms with E-state index in [4.69, 9.17) is 4.74 Å². The zero-order chi connectivity index (χ0) is 18.6. The number of nitrogens with one attached hydrogen (secondary N) is 1. The van der Waals surface area contributed by atoms with Crippen LogP contribution in [0.4, 0.5) is 5.00 Å². The van der Waals surface area contributed by atoms with Crippen molar-refractivity contribution in [2.45, 2.75) is 40.5 Å². The standard InChI is InChI=1S/C18H26N2O4S/c1-5-24-18(23)15-12(3)16(13(4)21)25-17(15)19-14(22)10-20-8-6-11(2)7-9-20/h11H,5-10H2,1-4H3,(H,19,22). The van der Waals surface area contributed by atoms with Gasteiger partial charge in [0.05, 0.1) is 23.6 Å². The molecular formula is C18H26N2O4S. The highest BCUT2D eigenvalue weighted by atomic mass is 32.1. The number of ether oxygens (including phenoxy) is 1. The predicted molar refractivity (Wildman–Crippen MR) is 98.5 cm³/mol. The van der Waals surface area contributed by atoms with E-state index in [9.17, 15) is 14.4 Å². The summed E-state index contributed by atoms with van der Waals surface area (Å²) in [6.45, 7) is 9.45. The van der Waals surface area contributed by atoms with E-state index in [2.05, 4.69) is 17.1 Å². The van der Waals surface area contributed by atoms with E-state index in [-0.39, 0.29) is 23.9 Å². The number of amides is 1. The van der Waals surface area contributed by atoms with Crippen molar-refractivity contribution < 1.29 is 19.1 Å². The number of carbonyl (C=O) groups excluding carboxylic acids is 3. The number of ketones is 1. The summed E-state index contributed by atoms with van der Waals surface area (Å²) in [7, 11) is 0. The van der Waals surface area contributed by atoms with Crippen molar-refractivity contribution in [2.75, 3.05) is 31.6 Å². The van der Waals surface area contributed by atoms with Gasteiger partial charge in [-0.2, -0.15) is 0 Å². The quantitative estimate of drug-likeness (QED) is 0.618. The van der Waals surface area contributed by atoms with Gasteiger partial charge in [-0.1, -0.05) is 6.92 Å². The van der Waals surface area contributed by atoms with Crippen LogP contribution in [-0.4, -0.2) is 48.8 Å². The number of piperidine rings is 1. The lowest BCUT2D eigenvalue weighted by atomic mass is 9.99. The van der Waals surface area contributed by atoms with E-state index in [1.807, 2.05) is 0 Å². The molecule has 6 nitrogen and oxygen atoms in total. The third-order valence-corrected chi connectivity index (χ3v) is 5.75. The van der Waals surface area contributed by atoms with Gasteiger partial charge in [-0.3, -0.25) is 14.5 Å². The average molecular weight is 366 g/mol. The van der Waals surface area contributed by atoms with E-state index in [0.717, 1.165) is 37.3 Å². The lowest BCUT2D eigenvalue weighted by molar-refractivity contribution is -0.117. The van der Waals surface area contributed by atoms with Crippen LogP contribution >= 0.6 is 11.3 Å². The molecule has 1 saturated heterocycles. The second-order valence-electron chi connectivity index (χ2n) is 6.54. The molecule has 0 atom stereocenters. The van der Waals surface area contributed by atoms with Crippen LogP contribution in [0.15, 0.2) is 0 Å². The fraction of sp³-hybridized carbons (Fsp3) is 0.611. The maximum atomic E-state index is 12.4. The highest BCUT2D eigenvalue weighted by Gasteiger charge is 2.26. The highest BCUT2D eigenvalue weighted by Crippen LogP contribution is 2.34. The summed E-state index contributed by atoms with van der Waals surface area (Å²) in [5.74, 6) is -0.103. The second kappa shape index (κ2) is 8.58. The van der Waals surface area contributed by atoms with Gasteiger partial charge in [-0.15, -0.1) is 11.3 Å². The normalized spacial score (nSPS) is 15.8. The SMILES string of the molecule is CCOC(=O)c1c(NC(=O)CN2CCC(C)CC2)sc(C(C)=O)c1C. The smallest absolute Gasteiger partial charge is 0.341 e. The Kier molecular flexibility index (Phi) is 6.72. The monoisotopic (exact) mass is 366 g/mol. The van der Waals surface area contributed by atoms with Gasteiger partial charge in [-0.25, -0.2) is 4.79 Å². The maximum absolute atomic E-state index is 12.4. The fourth-order valence-electron chi connectivity index (χ4n) is 2.98. The first-order valence-corrected chi connectivity index (χ1v) is 9.48. The summed E-state index contributed by atoms with van der Waals surface area (Å²) in [5.41, 5.74) is 0.857. The highest BCUT2D eigenvalue weighted by molar-refractivity contribution is 7.18. The van der Waals surface area contributed by atoms with Crippen molar-refractivity contribution in [3.63, 3.8) is 0 Å². The molecule has 0 spiro atoms. The molecule has 1 N–H and O–H groups in total. The Morgan fingerprint density at radius 3 is 2.48 bits per heavy atom. The van der Waals surface area contributed by atoms with Gasteiger partial charge in [0.15, 0.2) is 5.78 Å². The number of anilines is 1. The van der Waals surface area contributed by atoms with Gasteiger partial charge in [0.1, 0.15) is 5.00 Å². The first-order valence-electron chi connectivity index (χ1n) is 8.67. The molecular weight excluding hydrogens is 340 g/mol. The van der Waals surface area contributed by atoms with E-state index in [1.54, 1.807) is 13.8 Å². The number of hydrogen-bond acceptors (Lipinski definition) is 6. The lowest BCUT2D eigenvalue weighted by Gasteiger charge is -2.29. The Balaban J connectivity index is 2.14. The number of carbonyl (C=O) groups is 3. The zero-order valence-electron chi connectivity index (χ0n) is 15.3. The number of nitrogens with zero attached hydrogens (tertiary/aromatic N) is 1. The van der Waals surface area contributed by atoms with Gasteiger partial charge in [0.25, 0.3) is 0 Å². The topological polar surface area (TPSA) is 75.7 Å². The van der Waals surface area contributed by atoms with Gasteiger partial charge < -0.3 is 10.1 Å². The zero-order valence-corrected chi connectivity index (χ0v) is 16.1. The molecule has 1 aliphatic heterocycles. The third-order valence-electron chi connectivity index (χ3n) is 4.44. The number of likely N-dealkylation sites (tertiary alicyclic amines) is 1. The molecule has 0 bridgehead atoms. The van der Waals surface area contributed by atoms with Crippen LogP contribution in [0.2, 0.25) is 0 Å². The molecule has 0 unspecified atom stereocenters. The molecule has 0 radical (unpaired) electrons. The summed E-state index contributed by atoms with van der Waals surface area (Å²) in [6, 6.07) is 0. The molecule has 2 rings (SSSR count). The van der Waals surface area contributed by atoms with Gasteiger partial charge in [-0.05, 0) is 58.2 Å². The van der Waals surface area contributed by atoms with Gasteiger partial charge in [0.2, 0.25) is 5.91 Å². The van der Waals surface area contributed by atoms with Crippen molar-refractivity contribution >= 4 is 34.0 Å². The summed E-state index contributed by atoms with van der Waals surface area (Å²) in [4.78, 5) is 39.0. The third kappa shape index (κ3) is 4.89. The van der Waals surface area contributed by atoms with Crippen molar-refractivity contribution in [3.05, 3.63) is 16.0 Å². The number of hydrogen-bond donors (Lipinski definition) is 1. The summed E-state index contributed by atoms with van der Waals surface area (Å²) in [5, 5.41) is 3.21. The van der Waals surface area contributed by atoms with Crippen molar-refractivity contribution in [3.8, 4) is 0 Å². The van der Waals surface area contributed by atoms with Crippen LogP contribution in [0.3, 0.4) is 0 Å². The van der Waals surface area contributed by atoms with Crippen LogP contribution in [0.1, 0.15) is 59.2 Å². The molecule has 1 aromatic heterocycles. The Bertz CT molecular complexity index is 660. The van der Waals surface area contributed by atoms with Crippen molar-refractivity contribution in [2.24, 2.45) is 5.92 Å². The van der Waals surface area contributed by atoms with Crippen LogP contribution in [0, 0.1) is 12.8 Å². The van der Waals surface area contributed by atoms with Crippen molar-refractivity contribution in [1.82, 2.24) is 4.90 Å². The first-order chi connectivity index (χ1) is 11.8. The molecule has 7 heteroatoms. The minimum Gasteiger partial charge on any atom is -0.462 e. The summed E-state index contributed by atoms with van der Waals surface area (Å²) >= 11 is 1.14. The van der Waals surface area contributed by atoms with E-state index in [1.165, 1.54) is 6.92 Å². The number of Topliss-reactive ketones (excluding diaryl/α,β-unsaturated/α-hetero) is 1. The van der Waals surface area contributed by atoms with Crippen molar-refractivity contribution in [1.29, 1.82) is 0 Å². The lowest BCUT2D eigenvalue weighted by Crippen LogP contribution is -2.38. The summed E-state index contributed by atoms with van der Waals surface area (Å²) in [6.07, 6.45) is 2.18. The number of thiophene rings is 1. The predicted octanol–water partition coefficient (Wildman–Crippen LogP) is 3.11. The largest absolute Gasteiger partial charge is 0.462 e. The van der Waals surface area contributed by atoms with Gasteiger partial charge in [0, 0.05) is 0 Å². The minimum absolute atomic E-state index is 0.126. The molecule has 1 aromatic rings.